The van der Waals surface area contributed by atoms with E-state index in [0.29, 0.717) is 5.92 Å². The zero-order chi connectivity index (χ0) is 13.2. The van der Waals surface area contributed by atoms with Crippen LogP contribution in [0.1, 0.15) is 44.6 Å². The maximum atomic E-state index is 9.73. The van der Waals surface area contributed by atoms with Crippen LogP contribution in [0.25, 0.3) is 0 Å². The van der Waals surface area contributed by atoms with Crippen molar-refractivity contribution in [3.8, 4) is 0 Å². The Hall–Kier alpha value is -1.08. The molecule has 0 saturated carbocycles. The van der Waals surface area contributed by atoms with Crippen LogP contribution in [-0.2, 0) is 6.42 Å². The molecule has 0 saturated heterocycles. The third-order valence-corrected chi connectivity index (χ3v) is 3.63. The molecule has 1 unspecified atom stereocenters. The molecule has 0 aromatic heterocycles. The number of benzene rings is 1. The van der Waals surface area contributed by atoms with Gasteiger partial charge in [0.1, 0.15) is 0 Å². The van der Waals surface area contributed by atoms with Gasteiger partial charge in [0.15, 0.2) is 0 Å². The van der Waals surface area contributed by atoms with Crippen molar-refractivity contribution in [1.29, 1.82) is 0 Å². The van der Waals surface area contributed by atoms with Gasteiger partial charge in [-0.1, -0.05) is 62.6 Å². The van der Waals surface area contributed by atoms with Crippen LogP contribution in [0.5, 0.6) is 0 Å². The molecule has 1 aromatic carbocycles. The summed E-state index contributed by atoms with van der Waals surface area (Å²) < 4.78 is 0. The van der Waals surface area contributed by atoms with E-state index in [1.807, 2.05) is 0 Å². The quantitative estimate of drug-likeness (QED) is 0.507. The van der Waals surface area contributed by atoms with Gasteiger partial charge in [0, 0.05) is 0 Å². The highest BCUT2D eigenvalue weighted by Gasteiger charge is 2.13. The lowest BCUT2D eigenvalue weighted by Gasteiger charge is -2.18. The van der Waals surface area contributed by atoms with Crippen molar-refractivity contribution in [3.05, 3.63) is 48.6 Å². The SMILES string of the molecule is C=C[C@@H](O)C(CC)CCCCCc1ccccc1. The van der Waals surface area contributed by atoms with Gasteiger partial charge in [0.25, 0.3) is 0 Å². The number of hydrogen-bond acceptors (Lipinski definition) is 1. The predicted molar refractivity (Wildman–Crippen MR) is 78.6 cm³/mol. The van der Waals surface area contributed by atoms with Gasteiger partial charge in [-0.2, -0.15) is 0 Å². The molecule has 0 heterocycles. The average Bonchev–Trinajstić information content (AvgIpc) is 2.43. The van der Waals surface area contributed by atoms with E-state index in [2.05, 4.69) is 43.8 Å². The molecule has 0 aliphatic heterocycles. The van der Waals surface area contributed by atoms with Gasteiger partial charge in [-0.25, -0.2) is 0 Å². The molecular formula is C17H26O. The fourth-order valence-electron chi connectivity index (χ4n) is 2.37. The van der Waals surface area contributed by atoms with Gasteiger partial charge in [-0.05, 0) is 30.7 Å². The summed E-state index contributed by atoms with van der Waals surface area (Å²) in [5.74, 6) is 0.388. The number of hydrogen-bond donors (Lipinski definition) is 1. The molecular weight excluding hydrogens is 220 g/mol. The Labute approximate surface area is 112 Å². The smallest absolute Gasteiger partial charge is 0.0746 e. The summed E-state index contributed by atoms with van der Waals surface area (Å²) in [4.78, 5) is 0. The van der Waals surface area contributed by atoms with Crippen LogP contribution in [0.2, 0.25) is 0 Å². The zero-order valence-corrected chi connectivity index (χ0v) is 11.5. The van der Waals surface area contributed by atoms with Crippen LogP contribution in [0.4, 0.5) is 0 Å². The van der Waals surface area contributed by atoms with E-state index >= 15 is 0 Å². The van der Waals surface area contributed by atoms with Gasteiger partial charge < -0.3 is 5.11 Å². The summed E-state index contributed by atoms with van der Waals surface area (Å²) >= 11 is 0. The van der Waals surface area contributed by atoms with Crippen LogP contribution < -0.4 is 0 Å². The minimum atomic E-state index is -0.330. The topological polar surface area (TPSA) is 20.2 Å². The van der Waals surface area contributed by atoms with Crippen molar-refractivity contribution in [2.45, 2.75) is 51.6 Å². The summed E-state index contributed by atoms with van der Waals surface area (Å²) in [6.07, 6.45) is 8.34. The van der Waals surface area contributed by atoms with Crippen molar-refractivity contribution in [3.63, 3.8) is 0 Å². The molecule has 2 atom stereocenters. The highest BCUT2D eigenvalue weighted by Crippen LogP contribution is 2.18. The summed E-state index contributed by atoms with van der Waals surface area (Å²) in [6, 6.07) is 10.6. The maximum absolute atomic E-state index is 9.73. The molecule has 0 aliphatic carbocycles. The van der Waals surface area contributed by atoms with Crippen molar-refractivity contribution in [2.24, 2.45) is 5.92 Å². The lowest BCUT2D eigenvalue weighted by atomic mass is 9.92. The zero-order valence-electron chi connectivity index (χ0n) is 11.5. The first kappa shape index (κ1) is 15.0. The highest BCUT2D eigenvalue weighted by atomic mass is 16.3. The Morgan fingerprint density at radius 1 is 1.17 bits per heavy atom. The second kappa shape index (κ2) is 8.93. The van der Waals surface area contributed by atoms with Gasteiger partial charge in [0.2, 0.25) is 0 Å². The van der Waals surface area contributed by atoms with Crippen molar-refractivity contribution >= 4 is 0 Å². The van der Waals surface area contributed by atoms with E-state index in [-0.39, 0.29) is 6.10 Å². The van der Waals surface area contributed by atoms with Crippen molar-refractivity contribution in [2.75, 3.05) is 0 Å². The fourth-order valence-corrected chi connectivity index (χ4v) is 2.37. The van der Waals surface area contributed by atoms with Crippen LogP contribution in [0.3, 0.4) is 0 Å². The summed E-state index contributed by atoms with van der Waals surface area (Å²) in [5, 5.41) is 9.73. The predicted octanol–water partition coefficient (Wildman–Crippen LogP) is 4.36. The maximum Gasteiger partial charge on any atom is 0.0746 e. The molecule has 1 heteroatoms. The average molecular weight is 246 g/mol. The standard InChI is InChI=1S/C17H26O/c1-3-16(17(18)4-2)14-10-6-9-13-15-11-7-5-8-12-15/h4-5,7-8,11-12,16-18H,2-3,6,9-10,13-14H2,1H3/t16?,17-/m1/s1. The molecule has 1 aromatic rings. The first-order valence-corrected chi connectivity index (χ1v) is 7.12. The van der Waals surface area contributed by atoms with Crippen LogP contribution in [0, 0.1) is 5.92 Å². The van der Waals surface area contributed by atoms with E-state index < -0.39 is 0 Å². The second-order valence-corrected chi connectivity index (χ2v) is 4.98. The van der Waals surface area contributed by atoms with E-state index in [4.69, 9.17) is 0 Å². The Morgan fingerprint density at radius 2 is 1.89 bits per heavy atom. The van der Waals surface area contributed by atoms with E-state index in [1.165, 1.54) is 31.2 Å². The number of rotatable bonds is 9. The van der Waals surface area contributed by atoms with Crippen molar-refractivity contribution in [1.82, 2.24) is 0 Å². The molecule has 0 amide bonds. The monoisotopic (exact) mass is 246 g/mol. The molecule has 100 valence electrons. The Morgan fingerprint density at radius 3 is 2.50 bits per heavy atom. The lowest BCUT2D eigenvalue weighted by molar-refractivity contribution is 0.141. The van der Waals surface area contributed by atoms with Crippen LogP contribution in [0.15, 0.2) is 43.0 Å². The first-order valence-electron chi connectivity index (χ1n) is 7.12. The molecule has 1 N–H and O–H groups in total. The number of aliphatic hydroxyl groups excluding tert-OH is 1. The molecule has 0 aliphatic rings. The molecule has 0 radical (unpaired) electrons. The minimum Gasteiger partial charge on any atom is -0.389 e. The van der Waals surface area contributed by atoms with E-state index in [9.17, 15) is 5.11 Å². The summed E-state index contributed by atoms with van der Waals surface area (Å²) in [7, 11) is 0. The molecule has 1 rings (SSSR count). The second-order valence-electron chi connectivity index (χ2n) is 4.98. The van der Waals surface area contributed by atoms with Crippen LogP contribution in [-0.4, -0.2) is 11.2 Å². The van der Waals surface area contributed by atoms with Gasteiger partial charge >= 0.3 is 0 Å². The fraction of sp³-hybridized carbons (Fsp3) is 0.529. The van der Waals surface area contributed by atoms with Gasteiger partial charge in [-0.15, -0.1) is 6.58 Å². The normalized spacial score (nSPS) is 14.1. The van der Waals surface area contributed by atoms with Gasteiger partial charge in [0.05, 0.1) is 6.10 Å². The summed E-state index contributed by atoms with van der Waals surface area (Å²) in [5.41, 5.74) is 1.43. The van der Waals surface area contributed by atoms with Gasteiger partial charge in [-0.3, -0.25) is 0 Å². The lowest BCUT2D eigenvalue weighted by Crippen LogP contribution is -2.16. The third kappa shape index (κ3) is 5.50. The molecule has 0 fully saturated rings. The van der Waals surface area contributed by atoms with Crippen LogP contribution >= 0.6 is 0 Å². The highest BCUT2D eigenvalue weighted by molar-refractivity contribution is 5.14. The number of aliphatic hydroxyl groups is 1. The largest absolute Gasteiger partial charge is 0.389 e. The van der Waals surface area contributed by atoms with E-state index in [0.717, 1.165) is 12.8 Å². The molecule has 0 bridgehead atoms. The minimum absolute atomic E-state index is 0.330. The van der Waals surface area contributed by atoms with E-state index in [1.54, 1.807) is 6.08 Å². The summed E-state index contributed by atoms with van der Waals surface area (Å²) in [6.45, 7) is 5.80. The van der Waals surface area contributed by atoms with Crippen molar-refractivity contribution < 1.29 is 5.11 Å². The molecule has 0 spiro atoms. The number of aryl methyl sites for hydroxylation is 1. The Balaban J connectivity index is 2.13. The Bertz CT molecular complexity index is 318. The Kier molecular flexibility index (Phi) is 7.43. The third-order valence-electron chi connectivity index (χ3n) is 3.63. The molecule has 18 heavy (non-hydrogen) atoms. The number of unbranched alkanes of at least 4 members (excludes halogenated alkanes) is 2. The molecule has 1 nitrogen and oxygen atoms in total. The first-order chi connectivity index (χ1) is 8.77.